The molecule has 2 amide bonds. The topological polar surface area (TPSA) is 46.6 Å². The molecule has 0 atom stereocenters. The third-order valence-corrected chi connectivity index (χ3v) is 4.34. The zero-order chi connectivity index (χ0) is 14.6. The summed E-state index contributed by atoms with van der Waals surface area (Å²) in [5, 5.41) is 0. The van der Waals surface area contributed by atoms with Crippen LogP contribution in [0.4, 0.5) is 4.79 Å². The van der Waals surface area contributed by atoms with Crippen LogP contribution in [-0.4, -0.2) is 30.3 Å². The van der Waals surface area contributed by atoms with Gasteiger partial charge in [-0.2, -0.15) is 11.3 Å². The molecule has 2 heterocycles. The Morgan fingerprint density at radius 2 is 2.00 bits per heavy atom. The molecule has 1 aliphatic heterocycles. The third kappa shape index (κ3) is 2.29. The predicted octanol–water partition coefficient (Wildman–Crippen LogP) is 1.63. The van der Waals surface area contributed by atoms with Gasteiger partial charge in [0.1, 0.15) is 5.60 Å². The largest absolute Gasteiger partial charge is 0.443 e. The summed E-state index contributed by atoms with van der Waals surface area (Å²) in [6.45, 7) is 9.11. The standard InChI is InChI=1S/C13H18BNO3S/c1-12(2,3)18-11(17)15-10(16)7-6-8(14)19-9(7)13(15,4)5/h6H,14H2,1-5H3. The lowest BCUT2D eigenvalue weighted by Crippen LogP contribution is -2.46. The van der Waals surface area contributed by atoms with E-state index in [4.69, 9.17) is 4.74 Å². The summed E-state index contributed by atoms with van der Waals surface area (Å²) in [4.78, 5) is 26.8. The van der Waals surface area contributed by atoms with Gasteiger partial charge >= 0.3 is 6.09 Å². The highest BCUT2D eigenvalue weighted by Crippen LogP contribution is 2.41. The van der Waals surface area contributed by atoms with Gasteiger partial charge in [-0.25, -0.2) is 9.69 Å². The summed E-state index contributed by atoms with van der Waals surface area (Å²) in [7, 11) is 1.96. The van der Waals surface area contributed by atoms with E-state index in [1.165, 1.54) is 4.90 Å². The van der Waals surface area contributed by atoms with Crippen LogP contribution >= 0.6 is 11.3 Å². The van der Waals surface area contributed by atoms with Crippen molar-refractivity contribution < 1.29 is 14.3 Å². The van der Waals surface area contributed by atoms with Crippen LogP contribution in [0.1, 0.15) is 49.9 Å². The molecular weight excluding hydrogens is 261 g/mol. The Hall–Kier alpha value is -1.30. The minimum Gasteiger partial charge on any atom is -0.443 e. The number of rotatable bonds is 0. The van der Waals surface area contributed by atoms with Gasteiger partial charge in [-0.3, -0.25) is 4.79 Å². The number of fused-ring (bicyclic) bond motifs is 1. The molecule has 1 aromatic heterocycles. The SMILES string of the molecule is Bc1cc2c(s1)C(C)(C)N(C(=O)OC(C)(C)C)C2=O. The number of ether oxygens (including phenoxy) is 1. The molecule has 0 aliphatic carbocycles. The van der Waals surface area contributed by atoms with Gasteiger partial charge in [-0.15, -0.1) is 0 Å². The number of carbonyl (C=O) groups excluding carboxylic acids is 2. The van der Waals surface area contributed by atoms with Crippen LogP contribution in [0.3, 0.4) is 0 Å². The number of imide groups is 1. The molecule has 4 nitrogen and oxygen atoms in total. The number of hydrogen-bond acceptors (Lipinski definition) is 4. The molecule has 0 saturated heterocycles. The summed E-state index contributed by atoms with van der Waals surface area (Å²) in [6, 6.07) is 1.84. The van der Waals surface area contributed by atoms with Crippen LogP contribution in [0.5, 0.6) is 0 Å². The summed E-state index contributed by atoms with van der Waals surface area (Å²) in [6.07, 6.45) is -0.580. The van der Waals surface area contributed by atoms with Crippen molar-refractivity contribution in [3.8, 4) is 0 Å². The highest BCUT2D eigenvalue weighted by molar-refractivity contribution is 7.20. The molecule has 0 unspecified atom stereocenters. The smallest absolute Gasteiger partial charge is 0.418 e. The van der Waals surface area contributed by atoms with Gasteiger partial charge in [0.25, 0.3) is 5.91 Å². The van der Waals surface area contributed by atoms with Crippen molar-refractivity contribution in [1.82, 2.24) is 4.90 Å². The van der Waals surface area contributed by atoms with E-state index in [-0.39, 0.29) is 5.91 Å². The molecule has 1 aliphatic rings. The Morgan fingerprint density at radius 3 is 2.47 bits per heavy atom. The fraction of sp³-hybridized carbons (Fsp3) is 0.538. The van der Waals surface area contributed by atoms with Gasteiger partial charge in [0.2, 0.25) is 0 Å². The van der Waals surface area contributed by atoms with E-state index in [0.717, 1.165) is 9.65 Å². The number of amides is 2. The first-order valence-electron chi connectivity index (χ1n) is 6.22. The first kappa shape index (κ1) is 14.1. The van der Waals surface area contributed by atoms with E-state index in [0.29, 0.717) is 5.56 Å². The molecule has 0 fully saturated rings. The van der Waals surface area contributed by atoms with Crippen LogP contribution < -0.4 is 4.78 Å². The Labute approximate surface area is 118 Å². The normalized spacial score (nSPS) is 17.5. The van der Waals surface area contributed by atoms with Gasteiger partial charge < -0.3 is 4.74 Å². The molecule has 2 rings (SSSR count). The second kappa shape index (κ2) is 4.10. The lowest BCUT2D eigenvalue weighted by molar-refractivity contribution is 0.00968. The number of carbonyl (C=O) groups is 2. The van der Waals surface area contributed by atoms with E-state index in [9.17, 15) is 9.59 Å². The first-order valence-corrected chi connectivity index (χ1v) is 7.04. The molecule has 1 aromatic rings. The Balaban J connectivity index is 2.38. The monoisotopic (exact) mass is 279 g/mol. The zero-order valence-corrected chi connectivity index (χ0v) is 13.0. The van der Waals surface area contributed by atoms with Crippen molar-refractivity contribution in [3.63, 3.8) is 0 Å². The van der Waals surface area contributed by atoms with Gasteiger partial charge in [-0.1, -0.05) is 0 Å². The number of thiophene rings is 1. The average molecular weight is 279 g/mol. The van der Waals surface area contributed by atoms with Crippen molar-refractivity contribution in [2.24, 2.45) is 0 Å². The summed E-state index contributed by atoms with van der Waals surface area (Å²) in [5.41, 5.74) is -0.633. The fourth-order valence-corrected chi connectivity index (χ4v) is 3.32. The van der Waals surface area contributed by atoms with Crippen LogP contribution in [0.15, 0.2) is 6.07 Å². The molecule has 102 valence electrons. The molecule has 0 spiro atoms. The van der Waals surface area contributed by atoms with Gasteiger partial charge in [-0.05, 0) is 45.5 Å². The Morgan fingerprint density at radius 1 is 1.42 bits per heavy atom. The van der Waals surface area contributed by atoms with E-state index >= 15 is 0 Å². The number of nitrogens with zero attached hydrogens (tertiary/aromatic N) is 1. The minimum atomic E-state index is -0.645. The second-order valence-electron chi connectivity index (χ2n) is 6.28. The van der Waals surface area contributed by atoms with Gasteiger partial charge in [0.15, 0.2) is 7.85 Å². The van der Waals surface area contributed by atoms with Crippen molar-refractivity contribution in [3.05, 3.63) is 16.5 Å². The first-order chi connectivity index (χ1) is 8.54. The highest BCUT2D eigenvalue weighted by atomic mass is 32.1. The van der Waals surface area contributed by atoms with Crippen molar-refractivity contribution in [2.75, 3.05) is 0 Å². The highest BCUT2D eigenvalue weighted by Gasteiger charge is 2.49. The fourth-order valence-electron chi connectivity index (χ4n) is 2.22. The third-order valence-electron chi connectivity index (χ3n) is 2.98. The van der Waals surface area contributed by atoms with Gasteiger partial charge in [0, 0.05) is 4.88 Å². The maximum Gasteiger partial charge on any atom is 0.418 e. The van der Waals surface area contributed by atoms with Crippen LogP contribution in [0.25, 0.3) is 0 Å². The van der Waals surface area contributed by atoms with E-state index in [1.54, 1.807) is 32.1 Å². The van der Waals surface area contributed by atoms with Crippen molar-refractivity contribution in [1.29, 1.82) is 0 Å². The Kier molecular flexibility index (Phi) is 3.05. The maximum atomic E-state index is 12.4. The lowest BCUT2D eigenvalue weighted by Gasteiger charge is -2.32. The molecular formula is C13H18BNO3S. The molecule has 0 saturated carbocycles. The molecule has 0 radical (unpaired) electrons. The van der Waals surface area contributed by atoms with E-state index in [2.05, 4.69) is 0 Å². The number of hydrogen-bond donors (Lipinski definition) is 0. The summed E-state index contributed by atoms with van der Waals surface area (Å²) < 4.78 is 6.41. The molecule has 0 bridgehead atoms. The van der Waals surface area contributed by atoms with Gasteiger partial charge in [0.05, 0.1) is 11.1 Å². The second-order valence-corrected chi connectivity index (χ2v) is 7.54. The molecule has 0 aromatic carbocycles. The lowest BCUT2D eigenvalue weighted by atomic mass is 10.0. The molecule has 0 N–H and O–H groups in total. The maximum absolute atomic E-state index is 12.4. The van der Waals surface area contributed by atoms with Crippen LogP contribution in [-0.2, 0) is 10.3 Å². The average Bonchev–Trinajstić information content (AvgIpc) is 2.63. The molecule has 6 heteroatoms. The van der Waals surface area contributed by atoms with E-state index < -0.39 is 17.2 Å². The van der Waals surface area contributed by atoms with Crippen molar-refractivity contribution in [2.45, 2.75) is 45.8 Å². The van der Waals surface area contributed by atoms with E-state index in [1.807, 2.05) is 27.8 Å². The summed E-state index contributed by atoms with van der Waals surface area (Å²) in [5.74, 6) is -0.265. The summed E-state index contributed by atoms with van der Waals surface area (Å²) >= 11 is 1.56. The Bertz CT molecular complexity index is 557. The molecule has 19 heavy (non-hydrogen) atoms. The quantitative estimate of drug-likeness (QED) is 0.678. The predicted molar refractivity (Wildman–Crippen MR) is 77.9 cm³/mol. The van der Waals surface area contributed by atoms with Crippen LogP contribution in [0.2, 0.25) is 0 Å². The van der Waals surface area contributed by atoms with Crippen molar-refractivity contribution >= 4 is 36.0 Å². The minimum absolute atomic E-state index is 0.265. The zero-order valence-electron chi connectivity index (χ0n) is 12.2. The van der Waals surface area contributed by atoms with Crippen LogP contribution in [0, 0.1) is 0 Å².